The molecule has 1 saturated heterocycles. The monoisotopic (exact) mass is 292 g/mol. The summed E-state index contributed by atoms with van der Waals surface area (Å²) in [7, 11) is 0. The highest BCUT2D eigenvalue weighted by molar-refractivity contribution is 5.86. The van der Waals surface area contributed by atoms with Crippen LogP contribution < -0.4 is 10.6 Å². The Kier molecular flexibility index (Phi) is 4.62. The zero-order chi connectivity index (χ0) is 14.8. The second-order valence-corrected chi connectivity index (χ2v) is 6.03. The van der Waals surface area contributed by atoms with E-state index in [2.05, 4.69) is 10.6 Å². The van der Waals surface area contributed by atoms with Gasteiger partial charge in [-0.2, -0.15) is 13.2 Å². The first-order valence-corrected chi connectivity index (χ1v) is 7.50. The summed E-state index contributed by atoms with van der Waals surface area (Å²) in [6.07, 6.45) is -0.480. The van der Waals surface area contributed by atoms with Gasteiger partial charge in [0.1, 0.15) is 0 Å². The van der Waals surface area contributed by atoms with E-state index in [-0.39, 0.29) is 24.8 Å². The van der Waals surface area contributed by atoms with Crippen LogP contribution in [0.4, 0.5) is 13.2 Å². The minimum absolute atomic E-state index is 0.0343. The number of hydrogen-bond acceptors (Lipinski definition) is 2. The van der Waals surface area contributed by atoms with Crippen LogP contribution in [0, 0.1) is 5.92 Å². The fourth-order valence-electron chi connectivity index (χ4n) is 3.35. The van der Waals surface area contributed by atoms with Gasteiger partial charge in [-0.05, 0) is 51.5 Å². The van der Waals surface area contributed by atoms with Crippen LogP contribution in [0.25, 0.3) is 0 Å². The van der Waals surface area contributed by atoms with Crippen molar-refractivity contribution in [2.24, 2.45) is 5.92 Å². The number of hydrogen-bond donors (Lipinski definition) is 2. The molecule has 0 aromatic rings. The van der Waals surface area contributed by atoms with E-state index < -0.39 is 17.6 Å². The average Bonchev–Trinajstić information content (AvgIpc) is 2.88. The summed E-state index contributed by atoms with van der Waals surface area (Å²) in [5.41, 5.74) is -0.499. The van der Waals surface area contributed by atoms with Crippen LogP contribution in [-0.4, -0.2) is 30.2 Å². The van der Waals surface area contributed by atoms with E-state index in [4.69, 9.17) is 0 Å². The van der Waals surface area contributed by atoms with E-state index in [1.165, 1.54) is 0 Å². The Morgan fingerprint density at radius 1 is 1.30 bits per heavy atom. The molecular weight excluding hydrogens is 269 g/mol. The summed E-state index contributed by atoms with van der Waals surface area (Å²) in [6.45, 7) is 2.81. The first-order valence-electron chi connectivity index (χ1n) is 7.50. The number of amides is 1. The number of alkyl halides is 3. The maximum absolute atomic E-state index is 12.6. The maximum Gasteiger partial charge on any atom is 0.391 e. The van der Waals surface area contributed by atoms with Gasteiger partial charge >= 0.3 is 6.18 Å². The van der Waals surface area contributed by atoms with Crippen LogP contribution in [-0.2, 0) is 4.79 Å². The number of carbonyl (C=O) groups excluding carboxylic acids is 1. The average molecular weight is 292 g/mol. The fourth-order valence-corrected chi connectivity index (χ4v) is 3.35. The molecule has 0 aromatic carbocycles. The highest BCUT2D eigenvalue weighted by Crippen LogP contribution is 2.37. The van der Waals surface area contributed by atoms with Gasteiger partial charge in [0.05, 0.1) is 11.5 Å². The molecule has 20 heavy (non-hydrogen) atoms. The van der Waals surface area contributed by atoms with Gasteiger partial charge in [-0.15, -0.1) is 0 Å². The van der Waals surface area contributed by atoms with E-state index in [1.54, 1.807) is 0 Å². The predicted molar refractivity (Wildman–Crippen MR) is 70.2 cm³/mol. The molecule has 1 amide bonds. The first kappa shape index (κ1) is 15.6. The summed E-state index contributed by atoms with van der Waals surface area (Å²) in [4.78, 5) is 12.3. The van der Waals surface area contributed by atoms with Gasteiger partial charge in [-0.25, -0.2) is 0 Å². The SMILES string of the molecule is CCC1(C(=O)NC2CCC(C(F)(F)F)CC2)CCCN1. The predicted octanol–water partition coefficient (Wildman–Crippen LogP) is 2.76. The lowest BCUT2D eigenvalue weighted by Crippen LogP contribution is -2.56. The summed E-state index contributed by atoms with van der Waals surface area (Å²) in [6, 6.07) is -0.105. The molecule has 116 valence electrons. The molecule has 1 heterocycles. The third-order valence-corrected chi connectivity index (χ3v) is 4.81. The van der Waals surface area contributed by atoms with Crippen LogP contribution in [0.5, 0.6) is 0 Å². The minimum atomic E-state index is -4.09. The van der Waals surface area contributed by atoms with Gasteiger partial charge in [0.25, 0.3) is 0 Å². The minimum Gasteiger partial charge on any atom is -0.352 e. The van der Waals surface area contributed by atoms with Gasteiger partial charge in [-0.3, -0.25) is 4.79 Å². The molecule has 1 aliphatic heterocycles. The molecule has 0 radical (unpaired) electrons. The first-order chi connectivity index (χ1) is 9.37. The lowest BCUT2D eigenvalue weighted by molar-refractivity contribution is -0.182. The Hall–Kier alpha value is -0.780. The third-order valence-electron chi connectivity index (χ3n) is 4.81. The number of halogens is 3. The fraction of sp³-hybridized carbons (Fsp3) is 0.929. The van der Waals surface area contributed by atoms with E-state index in [1.807, 2.05) is 6.92 Å². The molecule has 0 spiro atoms. The zero-order valence-corrected chi connectivity index (χ0v) is 11.9. The van der Waals surface area contributed by atoms with Gasteiger partial charge in [0.2, 0.25) is 5.91 Å². The molecule has 6 heteroatoms. The van der Waals surface area contributed by atoms with Crippen molar-refractivity contribution in [3.05, 3.63) is 0 Å². The van der Waals surface area contributed by atoms with E-state index in [9.17, 15) is 18.0 Å². The molecule has 2 rings (SSSR count). The molecule has 1 unspecified atom stereocenters. The molecule has 0 bridgehead atoms. The standard InChI is InChI=1S/C14H23F3N2O/c1-2-13(8-3-9-18-13)12(20)19-11-6-4-10(5-7-11)14(15,16)17/h10-11,18H,2-9H2,1H3,(H,19,20). The van der Waals surface area contributed by atoms with Crippen molar-refractivity contribution in [1.29, 1.82) is 0 Å². The Morgan fingerprint density at radius 2 is 1.95 bits per heavy atom. The molecule has 1 aliphatic carbocycles. The Bertz CT molecular complexity index is 343. The summed E-state index contributed by atoms with van der Waals surface area (Å²) >= 11 is 0. The molecule has 2 N–H and O–H groups in total. The van der Waals surface area contributed by atoms with Crippen molar-refractivity contribution in [3.63, 3.8) is 0 Å². The Morgan fingerprint density at radius 3 is 2.40 bits per heavy atom. The van der Waals surface area contributed by atoms with Crippen molar-refractivity contribution in [3.8, 4) is 0 Å². The molecule has 1 atom stereocenters. The Balaban J connectivity index is 1.85. The summed E-state index contributed by atoms with van der Waals surface area (Å²) < 4.78 is 37.8. The van der Waals surface area contributed by atoms with Gasteiger partial charge in [-0.1, -0.05) is 6.92 Å². The molecular formula is C14H23F3N2O. The highest BCUT2D eigenvalue weighted by atomic mass is 19.4. The van der Waals surface area contributed by atoms with Gasteiger partial charge < -0.3 is 10.6 Å². The summed E-state index contributed by atoms with van der Waals surface area (Å²) in [5, 5.41) is 6.21. The zero-order valence-electron chi connectivity index (χ0n) is 11.9. The summed E-state index contributed by atoms with van der Waals surface area (Å²) in [5.74, 6) is -1.23. The van der Waals surface area contributed by atoms with Crippen molar-refractivity contribution >= 4 is 5.91 Å². The van der Waals surface area contributed by atoms with Crippen LogP contribution in [0.15, 0.2) is 0 Å². The molecule has 2 fully saturated rings. The molecule has 0 aromatic heterocycles. The van der Waals surface area contributed by atoms with Crippen molar-refractivity contribution in [2.75, 3.05) is 6.54 Å². The number of carbonyl (C=O) groups is 1. The number of nitrogens with one attached hydrogen (secondary N) is 2. The van der Waals surface area contributed by atoms with E-state index in [0.29, 0.717) is 12.8 Å². The molecule has 2 aliphatic rings. The second-order valence-electron chi connectivity index (χ2n) is 6.03. The van der Waals surface area contributed by atoms with E-state index >= 15 is 0 Å². The lowest BCUT2D eigenvalue weighted by atomic mass is 9.84. The van der Waals surface area contributed by atoms with Crippen LogP contribution in [0.1, 0.15) is 51.9 Å². The molecule has 3 nitrogen and oxygen atoms in total. The van der Waals surface area contributed by atoms with Gasteiger partial charge in [0.15, 0.2) is 0 Å². The van der Waals surface area contributed by atoms with Crippen LogP contribution in [0.2, 0.25) is 0 Å². The van der Waals surface area contributed by atoms with Crippen molar-refractivity contribution in [2.45, 2.75) is 69.6 Å². The largest absolute Gasteiger partial charge is 0.391 e. The Labute approximate surface area is 117 Å². The highest BCUT2D eigenvalue weighted by Gasteiger charge is 2.43. The van der Waals surface area contributed by atoms with Crippen LogP contribution >= 0.6 is 0 Å². The second kappa shape index (κ2) is 5.92. The number of rotatable bonds is 3. The quantitative estimate of drug-likeness (QED) is 0.840. The van der Waals surface area contributed by atoms with Crippen LogP contribution in [0.3, 0.4) is 0 Å². The van der Waals surface area contributed by atoms with E-state index in [0.717, 1.165) is 25.8 Å². The van der Waals surface area contributed by atoms with Crippen molar-refractivity contribution in [1.82, 2.24) is 10.6 Å². The molecule has 1 saturated carbocycles. The maximum atomic E-state index is 12.6. The topological polar surface area (TPSA) is 41.1 Å². The van der Waals surface area contributed by atoms with Crippen molar-refractivity contribution < 1.29 is 18.0 Å². The third kappa shape index (κ3) is 3.27. The normalized spacial score (nSPS) is 35.0. The smallest absolute Gasteiger partial charge is 0.352 e. The lowest BCUT2D eigenvalue weighted by Gasteiger charge is -2.34. The van der Waals surface area contributed by atoms with Gasteiger partial charge in [0, 0.05) is 6.04 Å².